The second kappa shape index (κ2) is 5.75. The van der Waals surface area contributed by atoms with Gasteiger partial charge in [-0.1, -0.05) is 6.07 Å². The van der Waals surface area contributed by atoms with E-state index in [0.717, 1.165) is 5.56 Å². The Bertz CT molecular complexity index is 1210. The van der Waals surface area contributed by atoms with Crippen molar-refractivity contribution in [1.82, 2.24) is 19.2 Å². The normalized spacial score (nSPS) is 15.4. The average molecular weight is 382 g/mol. The summed E-state index contributed by atoms with van der Waals surface area (Å²) in [5, 5.41) is 15.3. The number of benzene rings is 1. The number of hydrogen-bond donors (Lipinski definition) is 1. The first-order valence-corrected chi connectivity index (χ1v) is 8.92. The monoisotopic (exact) mass is 382 g/mol. The maximum atomic E-state index is 13.1. The van der Waals surface area contributed by atoms with Crippen molar-refractivity contribution >= 4 is 16.8 Å². The lowest BCUT2D eigenvalue weighted by atomic mass is 10.2. The molecule has 5 rings (SSSR count). The lowest BCUT2D eigenvalue weighted by Crippen LogP contribution is -2.37. The van der Waals surface area contributed by atoms with Crippen LogP contribution in [0.15, 0.2) is 23.0 Å². The number of aromatic nitrogens is 3. The number of ether oxygens (including phenoxy) is 2. The molecular weight excluding hydrogens is 364 g/mol. The number of carbonyl (C=O) groups excluding carboxylic acids is 1. The molecule has 9 nitrogen and oxygen atoms in total. The van der Waals surface area contributed by atoms with Crippen LogP contribution >= 0.6 is 0 Å². The third-order valence-corrected chi connectivity index (χ3v) is 5.28. The summed E-state index contributed by atoms with van der Waals surface area (Å²) < 4.78 is 13.7. The molecule has 0 spiro atoms. The van der Waals surface area contributed by atoms with Gasteiger partial charge in [-0.05, 0) is 24.6 Å². The second-order valence-corrected chi connectivity index (χ2v) is 7.03. The van der Waals surface area contributed by atoms with Crippen molar-refractivity contribution in [3.05, 3.63) is 45.5 Å². The first kappa shape index (κ1) is 16.7. The van der Waals surface area contributed by atoms with Gasteiger partial charge in [-0.25, -0.2) is 4.68 Å². The van der Waals surface area contributed by atoms with Gasteiger partial charge < -0.3 is 24.0 Å². The van der Waals surface area contributed by atoms with Gasteiger partial charge in [-0.3, -0.25) is 9.59 Å². The van der Waals surface area contributed by atoms with E-state index in [4.69, 9.17) is 9.47 Å². The fourth-order valence-corrected chi connectivity index (χ4v) is 3.88. The van der Waals surface area contributed by atoms with Crippen LogP contribution in [0.3, 0.4) is 0 Å². The van der Waals surface area contributed by atoms with Crippen molar-refractivity contribution in [1.29, 1.82) is 0 Å². The zero-order chi connectivity index (χ0) is 19.6. The van der Waals surface area contributed by atoms with Gasteiger partial charge >= 0.3 is 0 Å². The van der Waals surface area contributed by atoms with Crippen molar-refractivity contribution in [3.63, 3.8) is 0 Å². The van der Waals surface area contributed by atoms with Crippen LogP contribution < -0.4 is 15.0 Å². The zero-order valence-corrected chi connectivity index (χ0v) is 15.4. The number of rotatable bonds is 2. The van der Waals surface area contributed by atoms with Crippen molar-refractivity contribution in [3.8, 4) is 17.2 Å². The van der Waals surface area contributed by atoms with E-state index in [1.54, 1.807) is 30.7 Å². The third kappa shape index (κ3) is 2.22. The van der Waals surface area contributed by atoms with E-state index in [0.29, 0.717) is 35.8 Å². The van der Waals surface area contributed by atoms with E-state index >= 15 is 0 Å². The summed E-state index contributed by atoms with van der Waals surface area (Å²) in [6, 6.07) is 5.43. The van der Waals surface area contributed by atoms with Crippen LogP contribution in [-0.4, -0.2) is 50.6 Å². The van der Waals surface area contributed by atoms with Crippen LogP contribution in [0.2, 0.25) is 0 Å². The fraction of sp³-hybridized carbons (Fsp3) is 0.316. The summed E-state index contributed by atoms with van der Waals surface area (Å²) in [5.74, 6) is 0.706. The predicted octanol–water partition coefficient (Wildman–Crippen LogP) is 1.07. The number of aromatic hydroxyl groups is 1. The summed E-state index contributed by atoms with van der Waals surface area (Å²) in [6.45, 7) is 3.17. The lowest BCUT2D eigenvalue weighted by molar-refractivity contribution is 0.0747. The first-order valence-electron chi connectivity index (χ1n) is 8.92. The maximum Gasteiger partial charge on any atom is 0.280 e. The van der Waals surface area contributed by atoms with Crippen molar-refractivity contribution in [2.24, 2.45) is 0 Å². The molecule has 2 aliphatic rings. The summed E-state index contributed by atoms with van der Waals surface area (Å²) >= 11 is 0. The Kier molecular flexibility index (Phi) is 3.42. The number of hydrogen-bond acceptors (Lipinski definition) is 6. The third-order valence-electron chi connectivity index (χ3n) is 5.28. The number of fused-ring (bicyclic) bond motifs is 4. The number of aryl methyl sites for hydroxylation is 1. The summed E-state index contributed by atoms with van der Waals surface area (Å²) in [5.41, 5.74) is 1.62. The molecule has 0 fully saturated rings. The average Bonchev–Trinajstić information content (AvgIpc) is 3.25. The predicted molar refractivity (Wildman–Crippen MR) is 99.0 cm³/mol. The Hall–Kier alpha value is -3.49. The Labute approximate surface area is 159 Å². The highest BCUT2D eigenvalue weighted by atomic mass is 16.7. The molecule has 0 saturated heterocycles. The molecule has 2 aromatic heterocycles. The van der Waals surface area contributed by atoms with Crippen LogP contribution in [0.5, 0.6) is 17.2 Å². The van der Waals surface area contributed by atoms with Crippen molar-refractivity contribution < 1.29 is 19.4 Å². The molecule has 4 heterocycles. The van der Waals surface area contributed by atoms with Crippen LogP contribution in [0.4, 0.5) is 0 Å². The molecule has 1 amide bonds. The molecule has 0 aliphatic carbocycles. The van der Waals surface area contributed by atoms with Gasteiger partial charge in [-0.2, -0.15) is 5.10 Å². The lowest BCUT2D eigenvalue weighted by Gasteiger charge is -2.25. The van der Waals surface area contributed by atoms with E-state index in [2.05, 4.69) is 5.10 Å². The number of nitrogens with zero attached hydrogens (tertiary/aromatic N) is 4. The molecule has 2 aliphatic heterocycles. The van der Waals surface area contributed by atoms with Gasteiger partial charge in [0.15, 0.2) is 22.9 Å². The molecule has 144 valence electrons. The summed E-state index contributed by atoms with van der Waals surface area (Å²) in [6.07, 6.45) is 0. The van der Waals surface area contributed by atoms with E-state index in [1.807, 2.05) is 6.07 Å². The van der Waals surface area contributed by atoms with Gasteiger partial charge in [0.2, 0.25) is 6.79 Å². The smallest absolute Gasteiger partial charge is 0.280 e. The van der Waals surface area contributed by atoms with Gasteiger partial charge in [0.1, 0.15) is 5.39 Å². The standard InChI is InChI=1S/C19H18N4O5/c1-10-15-14(17(24)16-19(26)21(2)5-6-22(15)16)18(25)23(20-10)8-11-3-4-12-13(7-11)28-9-27-12/h3-4,7,24H,5-6,8-9H2,1-2H3. The van der Waals surface area contributed by atoms with Crippen LogP contribution in [0.25, 0.3) is 10.9 Å². The number of amides is 1. The highest BCUT2D eigenvalue weighted by Gasteiger charge is 2.32. The van der Waals surface area contributed by atoms with Gasteiger partial charge in [0.05, 0.1) is 17.8 Å². The molecular formula is C19H18N4O5. The van der Waals surface area contributed by atoms with Gasteiger partial charge in [0, 0.05) is 20.1 Å². The Morgan fingerprint density at radius 1 is 1.18 bits per heavy atom. The van der Waals surface area contributed by atoms with Crippen LogP contribution in [0.1, 0.15) is 21.7 Å². The van der Waals surface area contributed by atoms with Crippen LogP contribution in [-0.2, 0) is 13.1 Å². The number of carbonyl (C=O) groups is 1. The largest absolute Gasteiger partial charge is 0.505 e. The summed E-state index contributed by atoms with van der Waals surface area (Å²) in [7, 11) is 1.67. The Morgan fingerprint density at radius 2 is 1.96 bits per heavy atom. The van der Waals surface area contributed by atoms with E-state index < -0.39 is 5.56 Å². The van der Waals surface area contributed by atoms with E-state index in [-0.39, 0.29) is 36.1 Å². The summed E-state index contributed by atoms with van der Waals surface area (Å²) in [4.78, 5) is 27.1. The van der Waals surface area contributed by atoms with Crippen molar-refractivity contribution in [2.75, 3.05) is 20.4 Å². The molecule has 9 heteroatoms. The molecule has 3 aromatic rings. The van der Waals surface area contributed by atoms with Gasteiger partial charge in [-0.15, -0.1) is 0 Å². The number of likely N-dealkylation sites (N-methyl/N-ethyl adjacent to an activating group) is 1. The maximum absolute atomic E-state index is 13.1. The van der Waals surface area contributed by atoms with Crippen LogP contribution in [0, 0.1) is 6.92 Å². The highest BCUT2D eigenvalue weighted by molar-refractivity contribution is 6.04. The zero-order valence-electron chi connectivity index (χ0n) is 15.4. The first-order chi connectivity index (χ1) is 13.5. The molecule has 1 aromatic carbocycles. The second-order valence-electron chi connectivity index (χ2n) is 7.03. The minimum Gasteiger partial charge on any atom is -0.505 e. The highest BCUT2D eigenvalue weighted by Crippen LogP contribution is 2.34. The molecule has 0 bridgehead atoms. The molecule has 0 atom stereocenters. The molecule has 0 radical (unpaired) electrons. The Balaban J connectivity index is 1.66. The Morgan fingerprint density at radius 3 is 2.79 bits per heavy atom. The van der Waals surface area contributed by atoms with Crippen molar-refractivity contribution in [2.45, 2.75) is 20.0 Å². The minimum absolute atomic E-state index is 0.131. The SMILES string of the molecule is Cc1nn(Cc2ccc3c(c2)OCO3)c(=O)c2c(O)c3n(c12)CCN(C)C3=O. The topological polar surface area (TPSA) is 98.8 Å². The van der Waals surface area contributed by atoms with Gasteiger partial charge in [0.25, 0.3) is 11.5 Å². The fourth-order valence-electron chi connectivity index (χ4n) is 3.88. The molecule has 0 unspecified atom stereocenters. The quantitative estimate of drug-likeness (QED) is 0.712. The molecule has 0 saturated carbocycles. The molecule has 1 N–H and O–H groups in total. The van der Waals surface area contributed by atoms with E-state index in [9.17, 15) is 14.7 Å². The minimum atomic E-state index is -0.437. The van der Waals surface area contributed by atoms with E-state index in [1.165, 1.54) is 9.58 Å². The molecule has 28 heavy (non-hydrogen) atoms.